The van der Waals surface area contributed by atoms with Gasteiger partial charge >= 0.3 is 6.18 Å². The highest BCUT2D eigenvalue weighted by Gasteiger charge is 2.35. The van der Waals surface area contributed by atoms with Crippen LogP contribution in [0.2, 0.25) is 10.0 Å². The molecule has 2 aromatic carbocycles. The average Bonchev–Trinajstić information content (AvgIpc) is 2.50. The maximum absolute atomic E-state index is 12.7. The van der Waals surface area contributed by atoms with Gasteiger partial charge in [0.25, 0.3) is 5.91 Å². The summed E-state index contributed by atoms with van der Waals surface area (Å²) in [5.41, 5.74) is -1.18. The highest BCUT2D eigenvalue weighted by molar-refractivity contribution is 6.34. The first kappa shape index (κ1) is 19.6. The molecule has 1 aliphatic carbocycles. The monoisotopic (exact) mass is 389 g/mol. The van der Waals surface area contributed by atoms with Gasteiger partial charge in [-0.2, -0.15) is 13.2 Å². The number of amides is 1. The molecule has 1 amide bonds. The lowest BCUT2D eigenvalue weighted by Crippen LogP contribution is -2.40. The highest BCUT2D eigenvalue weighted by Crippen LogP contribution is 2.32. The van der Waals surface area contributed by atoms with Gasteiger partial charge in [0.05, 0.1) is 11.1 Å². The summed E-state index contributed by atoms with van der Waals surface area (Å²) in [6.07, 6.45) is -1.78. The molecule has 0 aliphatic heterocycles. The van der Waals surface area contributed by atoms with Crippen molar-refractivity contribution in [2.24, 2.45) is 0 Å². The summed E-state index contributed by atoms with van der Waals surface area (Å²) >= 11 is 11.1. The van der Waals surface area contributed by atoms with Crippen molar-refractivity contribution in [2.45, 2.75) is 31.5 Å². The number of rotatable bonds is 2. The summed E-state index contributed by atoms with van der Waals surface area (Å²) in [7, 11) is 0. The van der Waals surface area contributed by atoms with Crippen LogP contribution >= 0.6 is 23.2 Å². The van der Waals surface area contributed by atoms with Crippen LogP contribution in [0.4, 0.5) is 13.2 Å². The van der Waals surface area contributed by atoms with Gasteiger partial charge in [0.15, 0.2) is 0 Å². The van der Waals surface area contributed by atoms with E-state index in [2.05, 4.69) is 5.32 Å². The van der Waals surface area contributed by atoms with Crippen LogP contribution in [0.3, 0.4) is 0 Å². The molecule has 1 N–H and O–H groups in total. The van der Waals surface area contributed by atoms with Crippen molar-refractivity contribution in [3.8, 4) is 0 Å². The zero-order chi connectivity index (χ0) is 18.4. The molecule has 1 aliphatic rings. The van der Waals surface area contributed by atoms with E-state index in [-0.39, 0.29) is 11.6 Å². The second kappa shape index (κ2) is 8.59. The third-order valence-electron chi connectivity index (χ3n) is 3.70. The Bertz CT molecular complexity index is 713. The fourth-order valence-electron chi connectivity index (χ4n) is 2.20. The smallest absolute Gasteiger partial charge is 0.349 e. The van der Waals surface area contributed by atoms with E-state index in [1.807, 2.05) is 6.07 Å². The van der Waals surface area contributed by atoms with E-state index in [0.717, 1.165) is 25.3 Å². The number of hydrogen-bond acceptors (Lipinski definition) is 1. The van der Waals surface area contributed by atoms with Gasteiger partial charge < -0.3 is 5.32 Å². The molecule has 134 valence electrons. The molecule has 1 fully saturated rings. The van der Waals surface area contributed by atoms with E-state index >= 15 is 0 Å². The zero-order valence-corrected chi connectivity index (χ0v) is 14.6. The lowest BCUT2D eigenvalue weighted by molar-refractivity contribution is -0.137. The summed E-state index contributed by atoms with van der Waals surface area (Å²) < 4.78 is 38.0. The van der Waals surface area contributed by atoms with Crippen LogP contribution in [-0.4, -0.2) is 11.9 Å². The van der Waals surface area contributed by atoms with Gasteiger partial charge in [0.2, 0.25) is 0 Å². The second-order valence-corrected chi connectivity index (χ2v) is 6.46. The van der Waals surface area contributed by atoms with Gasteiger partial charge in [0, 0.05) is 16.1 Å². The van der Waals surface area contributed by atoms with Crippen LogP contribution in [-0.2, 0) is 6.18 Å². The molecule has 0 saturated heterocycles. The topological polar surface area (TPSA) is 29.1 Å². The predicted octanol–water partition coefficient (Wildman–Crippen LogP) is 5.98. The highest BCUT2D eigenvalue weighted by atomic mass is 35.5. The summed E-state index contributed by atoms with van der Waals surface area (Å²) in [4.78, 5) is 11.7. The van der Waals surface area contributed by atoms with E-state index in [1.54, 1.807) is 18.2 Å². The Hall–Kier alpha value is -1.72. The molecule has 2 nitrogen and oxygen atoms in total. The van der Waals surface area contributed by atoms with Crippen LogP contribution < -0.4 is 5.32 Å². The molecule has 0 radical (unpaired) electrons. The molecule has 0 heterocycles. The van der Waals surface area contributed by atoms with Crippen molar-refractivity contribution in [3.05, 3.63) is 69.7 Å². The van der Waals surface area contributed by atoms with Crippen LogP contribution in [0.25, 0.3) is 0 Å². The average molecular weight is 390 g/mol. The van der Waals surface area contributed by atoms with Gasteiger partial charge in [-0.15, -0.1) is 0 Å². The van der Waals surface area contributed by atoms with Crippen LogP contribution in [0.1, 0.15) is 35.2 Å². The summed E-state index contributed by atoms with van der Waals surface area (Å²) in [6.45, 7) is 0. The number of carbonyl (C=O) groups excluding carboxylic acids is 1. The normalized spacial score (nSPS) is 14.1. The summed E-state index contributed by atoms with van der Waals surface area (Å²) in [5.74, 6) is -0.636. The maximum Gasteiger partial charge on any atom is 0.417 e. The van der Waals surface area contributed by atoms with Crippen molar-refractivity contribution >= 4 is 29.1 Å². The predicted molar refractivity (Wildman–Crippen MR) is 93.0 cm³/mol. The summed E-state index contributed by atoms with van der Waals surface area (Å²) in [5, 5.41) is 3.96. The Morgan fingerprint density at radius 2 is 1.60 bits per heavy atom. The number of alkyl halides is 3. The number of nitrogens with one attached hydrogen (secondary N) is 1. The standard InChI is InChI=1S/C12H12F3NO.C6H4Cl2/c13-12(14,15)10-7-2-1-6-9(10)11(17)16-8-4-3-5-8;7-5-2-1-3-6(8)4-5/h1-2,6-8H,3-5H2,(H,16,17);1-4H. The van der Waals surface area contributed by atoms with Gasteiger partial charge in [-0.25, -0.2) is 0 Å². The van der Waals surface area contributed by atoms with E-state index in [9.17, 15) is 18.0 Å². The fourth-order valence-corrected chi connectivity index (χ4v) is 2.64. The first-order chi connectivity index (χ1) is 11.8. The van der Waals surface area contributed by atoms with Crippen molar-refractivity contribution in [1.29, 1.82) is 0 Å². The van der Waals surface area contributed by atoms with E-state index in [4.69, 9.17) is 23.2 Å². The van der Waals surface area contributed by atoms with Crippen molar-refractivity contribution < 1.29 is 18.0 Å². The Morgan fingerprint density at radius 1 is 1.00 bits per heavy atom. The Kier molecular flexibility index (Phi) is 6.73. The van der Waals surface area contributed by atoms with E-state index in [1.165, 1.54) is 18.2 Å². The third-order valence-corrected chi connectivity index (χ3v) is 4.17. The molecule has 0 spiro atoms. The van der Waals surface area contributed by atoms with Crippen molar-refractivity contribution in [3.63, 3.8) is 0 Å². The van der Waals surface area contributed by atoms with Gasteiger partial charge in [-0.3, -0.25) is 4.79 Å². The van der Waals surface area contributed by atoms with Crippen LogP contribution in [0, 0.1) is 0 Å². The minimum absolute atomic E-state index is 0.0313. The number of benzene rings is 2. The quantitative estimate of drug-likeness (QED) is 0.672. The Balaban J connectivity index is 0.000000236. The first-order valence-electron chi connectivity index (χ1n) is 7.65. The molecule has 25 heavy (non-hydrogen) atoms. The molecule has 0 bridgehead atoms. The molecular formula is C18H16Cl2F3NO. The van der Waals surface area contributed by atoms with Crippen LogP contribution in [0.15, 0.2) is 48.5 Å². The molecule has 0 unspecified atom stereocenters. The summed E-state index contributed by atoms with van der Waals surface area (Å²) in [6, 6.07) is 12.0. The first-order valence-corrected chi connectivity index (χ1v) is 8.41. The second-order valence-electron chi connectivity index (χ2n) is 5.58. The molecule has 7 heteroatoms. The molecule has 2 aromatic rings. The van der Waals surface area contributed by atoms with E-state index in [0.29, 0.717) is 10.0 Å². The largest absolute Gasteiger partial charge is 0.417 e. The third kappa shape index (κ3) is 5.94. The SMILES string of the molecule is Clc1cccc(Cl)c1.O=C(NC1CCC1)c1ccccc1C(F)(F)F. The minimum atomic E-state index is -4.49. The van der Waals surface area contributed by atoms with Gasteiger partial charge in [-0.1, -0.05) is 41.4 Å². The van der Waals surface area contributed by atoms with Gasteiger partial charge in [-0.05, 0) is 49.6 Å². The molecule has 0 atom stereocenters. The lowest BCUT2D eigenvalue weighted by Gasteiger charge is -2.26. The van der Waals surface area contributed by atoms with Gasteiger partial charge in [0.1, 0.15) is 0 Å². The minimum Gasteiger partial charge on any atom is -0.349 e. The Labute approximate surface area is 153 Å². The zero-order valence-electron chi connectivity index (χ0n) is 13.1. The molecule has 3 rings (SSSR count). The number of carbonyl (C=O) groups is 1. The number of hydrogen-bond donors (Lipinski definition) is 1. The lowest BCUT2D eigenvalue weighted by atomic mass is 9.92. The van der Waals surface area contributed by atoms with E-state index < -0.39 is 17.6 Å². The molecule has 1 saturated carbocycles. The van der Waals surface area contributed by atoms with Crippen LogP contribution in [0.5, 0.6) is 0 Å². The molecular weight excluding hydrogens is 374 g/mol. The molecule has 0 aromatic heterocycles. The maximum atomic E-state index is 12.7. The van der Waals surface area contributed by atoms with Crippen molar-refractivity contribution in [2.75, 3.05) is 0 Å². The number of halogens is 5. The Morgan fingerprint density at radius 3 is 2.04 bits per heavy atom. The fraction of sp³-hybridized carbons (Fsp3) is 0.278. The van der Waals surface area contributed by atoms with Crippen molar-refractivity contribution in [1.82, 2.24) is 5.32 Å².